The van der Waals surface area contributed by atoms with Gasteiger partial charge in [-0.3, -0.25) is 24.6 Å². The molecule has 3 fully saturated rings. The van der Waals surface area contributed by atoms with E-state index in [1.54, 1.807) is 4.90 Å². The zero-order valence-corrected chi connectivity index (χ0v) is 22.0. The van der Waals surface area contributed by atoms with Crippen LogP contribution in [0.3, 0.4) is 0 Å². The molecule has 204 valence electrons. The summed E-state index contributed by atoms with van der Waals surface area (Å²) in [5.41, 5.74) is 0.332. The first kappa shape index (κ1) is 27.5. The number of nitrogens with zero attached hydrogens (tertiary/aromatic N) is 4. The lowest BCUT2D eigenvalue weighted by molar-refractivity contribution is -0.384. The highest BCUT2D eigenvalue weighted by Crippen LogP contribution is 2.30. The summed E-state index contributed by atoms with van der Waals surface area (Å²) in [4.78, 5) is 44.3. The topological polar surface area (TPSA) is 96.2 Å². The Labute approximate surface area is 220 Å². The molecular weight excluding hydrogens is 472 g/mol. The lowest BCUT2D eigenvalue weighted by Crippen LogP contribution is -2.53. The maximum atomic E-state index is 13.9. The maximum absolute atomic E-state index is 13.9. The van der Waals surface area contributed by atoms with Crippen molar-refractivity contribution in [1.82, 2.24) is 14.7 Å². The number of amides is 2. The summed E-state index contributed by atoms with van der Waals surface area (Å²) < 4.78 is 5.44. The predicted molar refractivity (Wildman–Crippen MR) is 141 cm³/mol. The van der Waals surface area contributed by atoms with Gasteiger partial charge < -0.3 is 14.5 Å². The largest absolute Gasteiger partial charge is 0.379 e. The van der Waals surface area contributed by atoms with Crippen LogP contribution in [0.5, 0.6) is 0 Å². The monoisotopic (exact) mass is 514 g/mol. The Bertz CT molecular complexity index is 872. The van der Waals surface area contributed by atoms with E-state index in [2.05, 4.69) is 9.80 Å². The number of carbonyl (C=O) groups excluding carboxylic acids is 2. The minimum atomic E-state index is -0.468. The van der Waals surface area contributed by atoms with Crippen LogP contribution in [0, 0.1) is 10.1 Å². The lowest BCUT2D eigenvalue weighted by Gasteiger charge is -2.42. The van der Waals surface area contributed by atoms with Crippen LogP contribution in [-0.2, 0) is 9.53 Å². The first-order valence-electron chi connectivity index (χ1n) is 14.2. The Kier molecular flexibility index (Phi) is 10.3. The van der Waals surface area contributed by atoms with Crippen LogP contribution >= 0.6 is 0 Å². The van der Waals surface area contributed by atoms with E-state index in [9.17, 15) is 19.7 Å². The molecule has 4 rings (SSSR count). The van der Waals surface area contributed by atoms with Gasteiger partial charge in [-0.05, 0) is 44.2 Å². The standard InChI is InChI=1S/C28H42N4O5/c33-27(31(24-8-3-1-4-9-24)25-10-5-2-6-11-25)22-30(17-7-16-29-18-20-37-21-19-29)28(34)23-12-14-26(15-13-23)32(35)36/h12-15,24-25H,1-11,16-22H2. The number of nitro benzene ring substituents is 1. The third kappa shape index (κ3) is 7.74. The summed E-state index contributed by atoms with van der Waals surface area (Å²) in [6, 6.07) is 6.26. The molecule has 9 heteroatoms. The smallest absolute Gasteiger partial charge is 0.269 e. The van der Waals surface area contributed by atoms with Crippen molar-refractivity contribution < 1.29 is 19.2 Å². The number of benzene rings is 1. The van der Waals surface area contributed by atoms with Crippen LogP contribution in [0.25, 0.3) is 0 Å². The van der Waals surface area contributed by atoms with Gasteiger partial charge in [-0.15, -0.1) is 0 Å². The van der Waals surface area contributed by atoms with Crippen LogP contribution in [-0.4, -0.2) is 89.5 Å². The van der Waals surface area contributed by atoms with E-state index >= 15 is 0 Å². The second-order valence-corrected chi connectivity index (χ2v) is 10.7. The second-order valence-electron chi connectivity index (χ2n) is 10.7. The minimum absolute atomic E-state index is 0.0488. The van der Waals surface area contributed by atoms with Crippen LogP contribution in [0.2, 0.25) is 0 Å². The van der Waals surface area contributed by atoms with Crippen molar-refractivity contribution in [2.24, 2.45) is 0 Å². The molecular formula is C28H42N4O5. The molecule has 0 N–H and O–H groups in total. The fourth-order valence-electron chi connectivity index (χ4n) is 6.14. The zero-order valence-electron chi connectivity index (χ0n) is 22.0. The van der Waals surface area contributed by atoms with Gasteiger partial charge in [-0.25, -0.2) is 0 Å². The highest BCUT2D eigenvalue weighted by atomic mass is 16.6. The molecule has 2 aliphatic carbocycles. The van der Waals surface area contributed by atoms with Crippen LogP contribution in [0.4, 0.5) is 5.69 Å². The van der Waals surface area contributed by atoms with Crippen LogP contribution in [0.1, 0.15) is 81.0 Å². The molecule has 37 heavy (non-hydrogen) atoms. The zero-order chi connectivity index (χ0) is 26.0. The summed E-state index contributed by atoms with van der Waals surface area (Å²) in [5, 5.41) is 11.1. The first-order valence-corrected chi connectivity index (χ1v) is 14.2. The van der Waals surface area contributed by atoms with E-state index in [1.165, 1.54) is 37.1 Å². The Hall–Kier alpha value is -2.52. The molecule has 1 saturated heterocycles. The Balaban J connectivity index is 1.48. The number of rotatable bonds is 10. The third-order valence-electron chi connectivity index (χ3n) is 8.17. The average molecular weight is 515 g/mol. The fourth-order valence-corrected chi connectivity index (χ4v) is 6.14. The summed E-state index contributed by atoms with van der Waals surface area (Å²) >= 11 is 0. The molecule has 1 heterocycles. The van der Waals surface area contributed by atoms with Crippen molar-refractivity contribution in [3.63, 3.8) is 0 Å². The Morgan fingerprint density at radius 3 is 2.03 bits per heavy atom. The Morgan fingerprint density at radius 2 is 1.49 bits per heavy atom. The minimum Gasteiger partial charge on any atom is -0.379 e. The number of nitro groups is 1. The molecule has 1 aromatic rings. The average Bonchev–Trinajstić information content (AvgIpc) is 2.94. The maximum Gasteiger partial charge on any atom is 0.269 e. The van der Waals surface area contributed by atoms with Crippen molar-refractivity contribution in [2.75, 3.05) is 45.9 Å². The number of morpholine rings is 1. The lowest BCUT2D eigenvalue weighted by atomic mass is 9.88. The van der Waals surface area contributed by atoms with Gasteiger partial charge in [0.15, 0.2) is 0 Å². The summed E-state index contributed by atoms with van der Waals surface area (Å²) in [7, 11) is 0. The van der Waals surface area contributed by atoms with Gasteiger partial charge >= 0.3 is 0 Å². The molecule has 2 saturated carbocycles. The normalized spacial score (nSPS) is 19.9. The van der Waals surface area contributed by atoms with E-state index in [0.717, 1.165) is 90.6 Å². The molecule has 3 aliphatic rings. The highest BCUT2D eigenvalue weighted by molar-refractivity contribution is 5.96. The van der Waals surface area contributed by atoms with E-state index in [-0.39, 0.29) is 36.1 Å². The molecule has 0 aromatic heterocycles. The van der Waals surface area contributed by atoms with E-state index < -0.39 is 4.92 Å². The number of carbonyl (C=O) groups is 2. The fraction of sp³-hybridized carbons (Fsp3) is 0.714. The molecule has 0 unspecified atom stereocenters. The summed E-state index contributed by atoms with van der Waals surface area (Å²) in [5.74, 6) is -0.183. The molecule has 1 aromatic carbocycles. The predicted octanol–water partition coefficient (Wildman–Crippen LogP) is 4.25. The van der Waals surface area contributed by atoms with Gasteiger partial charge in [-0.2, -0.15) is 0 Å². The molecule has 1 aliphatic heterocycles. The molecule has 0 atom stereocenters. The van der Waals surface area contributed by atoms with Gasteiger partial charge in [0, 0.05) is 56.0 Å². The number of ether oxygens (including phenoxy) is 1. The molecule has 0 radical (unpaired) electrons. The highest BCUT2D eigenvalue weighted by Gasteiger charge is 2.34. The van der Waals surface area contributed by atoms with Gasteiger partial charge in [0.25, 0.3) is 11.6 Å². The first-order chi connectivity index (χ1) is 18.0. The van der Waals surface area contributed by atoms with E-state index in [1.807, 2.05) is 0 Å². The SMILES string of the molecule is O=C(c1ccc([N+](=O)[O-])cc1)N(CCCN1CCOCC1)CC(=O)N(C1CCCCC1)C1CCCCC1. The molecule has 0 bridgehead atoms. The second kappa shape index (κ2) is 13.9. The van der Waals surface area contributed by atoms with Gasteiger partial charge in [0.2, 0.25) is 5.91 Å². The number of hydrogen-bond acceptors (Lipinski definition) is 6. The molecule has 0 spiro atoms. The van der Waals surface area contributed by atoms with E-state index in [4.69, 9.17) is 4.74 Å². The van der Waals surface area contributed by atoms with Crippen molar-refractivity contribution in [2.45, 2.75) is 82.7 Å². The van der Waals surface area contributed by atoms with Crippen molar-refractivity contribution in [3.8, 4) is 0 Å². The molecule has 2 amide bonds. The van der Waals surface area contributed by atoms with Gasteiger partial charge in [0.05, 0.1) is 18.1 Å². The Morgan fingerprint density at radius 1 is 0.919 bits per heavy atom. The van der Waals surface area contributed by atoms with Gasteiger partial charge in [-0.1, -0.05) is 38.5 Å². The van der Waals surface area contributed by atoms with E-state index in [0.29, 0.717) is 12.1 Å². The van der Waals surface area contributed by atoms with Crippen molar-refractivity contribution in [1.29, 1.82) is 0 Å². The molecule has 9 nitrogen and oxygen atoms in total. The number of hydrogen-bond donors (Lipinski definition) is 0. The van der Waals surface area contributed by atoms with Crippen molar-refractivity contribution >= 4 is 17.5 Å². The third-order valence-corrected chi connectivity index (χ3v) is 8.17. The number of non-ortho nitro benzene ring substituents is 1. The summed E-state index contributed by atoms with van der Waals surface area (Å²) in [6.07, 6.45) is 12.1. The van der Waals surface area contributed by atoms with Gasteiger partial charge in [0.1, 0.15) is 6.54 Å². The van der Waals surface area contributed by atoms with Crippen LogP contribution in [0.15, 0.2) is 24.3 Å². The summed E-state index contributed by atoms with van der Waals surface area (Å²) in [6.45, 7) is 4.59. The quantitative estimate of drug-likeness (QED) is 0.342. The van der Waals surface area contributed by atoms with Crippen molar-refractivity contribution in [3.05, 3.63) is 39.9 Å². The van der Waals surface area contributed by atoms with Crippen LogP contribution < -0.4 is 0 Å².